The molecule has 3 aromatic rings. The summed E-state index contributed by atoms with van der Waals surface area (Å²) in [5.41, 5.74) is 5.80. The van der Waals surface area contributed by atoms with Crippen LogP contribution in [0.5, 0.6) is 0 Å². The summed E-state index contributed by atoms with van der Waals surface area (Å²) >= 11 is 0. The van der Waals surface area contributed by atoms with Gasteiger partial charge in [-0.3, -0.25) is 4.98 Å². The Morgan fingerprint density at radius 2 is 1.74 bits per heavy atom. The molecule has 0 unspecified atom stereocenters. The first-order chi connectivity index (χ1) is 11.3. The lowest BCUT2D eigenvalue weighted by atomic mass is 10.00. The van der Waals surface area contributed by atoms with E-state index in [0.29, 0.717) is 5.69 Å². The van der Waals surface area contributed by atoms with E-state index < -0.39 is 0 Å². The molecule has 0 saturated heterocycles. The molecule has 0 aliphatic carbocycles. The lowest BCUT2D eigenvalue weighted by Gasteiger charge is -2.08. The number of benzene rings is 2. The third-order valence-corrected chi connectivity index (χ3v) is 3.66. The van der Waals surface area contributed by atoms with Gasteiger partial charge in [0.1, 0.15) is 0 Å². The molecule has 3 rings (SSSR count). The number of hydrogen-bond acceptors (Lipinski definition) is 2. The van der Waals surface area contributed by atoms with Gasteiger partial charge in [-0.1, -0.05) is 30.3 Å². The quantitative estimate of drug-likeness (QED) is 0.708. The van der Waals surface area contributed by atoms with E-state index in [0.717, 1.165) is 28.9 Å². The molecule has 0 saturated carbocycles. The zero-order valence-corrected chi connectivity index (χ0v) is 13.0. The van der Waals surface area contributed by atoms with Crippen LogP contribution in [0.4, 0.5) is 5.69 Å². The Labute approximate surface area is 136 Å². The third-order valence-electron chi connectivity index (χ3n) is 3.66. The molecule has 0 aliphatic heterocycles. The molecule has 0 atom stereocenters. The molecule has 0 radical (unpaired) electrons. The van der Waals surface area contributed by atoms with E-state index in [1.807, 2.05) is 49.6 Å². The first-order valence-corrected chi connectivity index (χ1v) is 7.48. The van der Waals surface area contributed by atoms with Crippen molar-refractivity contribution in [2.24, 2.45) is 0 Å². The maximum absolute atomic E-state index is 7.36. The van der Waals surface area contributed by atoms with Crippen molar-refractivity contribution >= 4 is 5.69 Å². The van der Waals surface area contributed by atoms with Gasteiger partial charge >= 0.3 is 0 Å². The highest BCUT2D eigenvalue weighted by Gasteiger charge is 2.07. The predicted molar refractivity (Wildman–Crippen MR) is 94.1 cm³/mol. The summed E-state index contributed by atoms with van der Waals surface area (Å²) in [7, 11) is 1.92. The molecule has 0 amide bonds. The minimum Gasteiger partial charge on any atom is -0.316 e. The van der Waals surface area contributed by atoms with E-state index in [9.17, 15) is 0 Å². The van der Waals surface area contributed by atoms with Crippen molar-refractivity contribution in [2.75, 3.05) is 7.05 Å². The summed E-state index contributed by atoms with van der Waals surface area (Å²) in [6, 6.07) is 20.1. The third kappa shape index (κ3) is 3.45. The van der Waals surface area contributed by atoms with Crippen molar-refractivity contribution in [3.05, 3.63) is 83.8 Å². The molecule has 23 heavy (non-hydrogen) atoms. The van der Waals surface area contributed by atoms with Crippen LogP contribution in [0, 0.1) is 6.57 Å². The average molecular weight is 299 g/mol. The topological polar surface area (TPSA) is 29.3 Å². The Bertz CT molecular complexity index is 848. The summed E-state index contributed by atoms with van der Waals surface area (Å²) < 4.78 is 0. The van der Waals surface area contributed by atoms with Gasteiger partial charge in [-0.2, -0.15) is 0 Å². The molecular weight excluding hydrogens is 282 g/mol. The van der Waals surface area contributed by atoms with Gasteiger partial charge in [0, 0.05) is 12.7 Å². The first kappa shape index (κ1) is 15.0. The maximum atomic E-state index is 7.36. The highest BCUT2D eigenvalue weighted by molar-refractivity contribution is 5.77. The summed E-state index contributed by atoms with van der Waals surface area (Å²) in [6.07, 6.45) is 1.81. The number of pyridine rings is 1. The average Bonchev–Trinajstić information content (AvgIpc) is 2.62. The van der Waals surface area contributed by atoms with Crippen LogP contribution < -0.4 is 5.32 Å². The summed E-state index contributed by atoms with van der Waals surface area (Å²) in [5.74, 6) is 0. The molecule has 1 N–H and O–H groups in total. The van der Waals surface area contributed by atoms with E-state index in [1.165, 1.54) is 5.56 Å². The van der Waals surface area contributed by atoms with E-state index in [-0.39, 0.29) is 0 Å². The van der Waals surface area contributed by atoms with Gasteiger partial charge in [-0.15, -0.1) is 0 Å². The Hall–Kier alpha value is -2.96. The largest absolute Gasteiger partial charge is 0.316 e. The summed E-state index contributed by atoms with van der Waals surface area (Å²) in [5, 5.41) is 3.15. The summed E-state index contributed by atoms with van der Waals surface area (Å²) in [6.45, 7) is 8.16. The molecule has 0 aliphatic rings. The van der Waals surface area contributed by atoms with Crippen molar-refractivity contribution in [3.63, 3.8) is 0 Å². The lowest BCUT2D eigenvalue weighted by molar-refractivity contribution is 0.816. The Kier molecular flexibility index (Phi) is 4.46. The second-order valence-electron chi connectivity index (χ2n) is 5.33. The van der Waals surface area contributed by atoms with Gasteiger partial charge in [0.25, 0.3) is 0 Å². The van der Waals surface area contributed by atoms with Crippen molar-refractivity contribution in [3.8, 4) is 22.4 Å². The van der Waals surface area contributed by atoms with Crippen LogP contribution in [-0.4, -0.2) is 12.0 Å². The molecular formula is C20H17N3. The number of nitrogens with one attached hydrogen (secondary N) is 1. The zero-order valence-electron chi connectivity index (χ0n) is 13.0. The fourth-order valence-corrected chi connectivity index (χ4v) is 2.57. The molecule has 3 nitrogen and oxygen atoms in total. The van der Waals surface area contributed by atoms with Crippen LogP contribution in [0.1, 0.15) is 5.56 Å². The van der Waals surface area contributed by atoms with E-state index >= 15 is 0 Å². The summed E-state index contributed by atoms with van der Waals surface area (Å²) in [4.78, 5) is 8.08. The predicted octanol–water partition coefficient (Wildman–Crippen LogP) is 4.69. The number of nitrogens with zero attached hydrogens (tertiary/aromatic N) is 2. The second-order valence-corrected chi connectivity index (χ2v) is 5.33. The van der Waals surface area contributed by atoms with Crippen LogP contribution in [-0.2, 0) is 6.54 Å². The minimum atomic E-state index is 0.627. The van der Waals surface area contributed by atoms with Crippen LogP contribution in [0.25, 0.3) is 27.2 Å². The molecule has 112 valence electrons. The van der Waals surface area contributed by atoms with Gasteiger partial charge in [0.15, 0.2) is 5.69 Å². The van der Waals surface area contributed by atoms with Crippen molar-refractivity contribution in [1.82, 2.24) is 10.3 Å². The van der Waals surface area contributed by atoms with Gasteiger partial charge in [-0.05, 0) is 59.6 Å². The monoisotopic (exact) mass is 299 g/mol. The van der Waals surface area contributed by atoms with Crippen LogP contribution >= 0.6 is 0 Å². The lowest BCUT2D eigenvalue weighted by Crippen LogP contribution is -2.05. The smallest absolute Gasteiger partial charge is 0.188 e. The number of aromatic nitrogens is 1. The van der Waals surface area contributed by atoms with Gasteiger partial charge in [0.05, 0.1) is 12.3 Å². The Morgan fingerprint density at radius 3 is 2.48 bits per heavy atom. The standard InChI is InChI=1S/C20H17N3/c1-21-14-15-8-9-23-20(10-15)18-11-17(12-19(13-18)22-2)16-6-4-3-5-7-16/h3-13,21H,14H2,1H3. The molecule has 1 aromatic heterocycles. The zero-order chi connectivity index (χ0) is 16.1. The minimum absolute atomic E-state index is 0.627. The molecule has 3 heteroatoms. The first-order valence-electron chi connectivity index (χ1n) is 7.48. The SMILES string of the molecule is [C-]#[N+]c1cc(-c2ccccc2)cc(-c2cc(CNC)ccn2)c1. The molecule has 0 fully saturated rings. The van der Waals surface area contributed by atoms with Crippen molar-refractivity contribution in [1.29, 1.82) is 0 Å². The number of hydrogen-bond donors (Lipinski definition) is 1. The maximum Gasteiger partial charge on any atom is 0.188 e. The van der Waals surface area contributed by atoms with Gasteiger partial charge in [0.2, 0.25) is 0 Å². The van der Waals surface area contributed by atoms with Crippen LogP contribution in [0.3, 0.4) is 0 Å². The fourth-order valence-electron chi connectivity index (χ4n) is 2.57. The van der Waals surface area contributed by atoms with Crippen molar-refractivity contribution in [2.45, 2.75) is 6.54 Å². The van der Waals surface area contributed by atoms with Crippen LogP contribution in [0.2, 0.25) is 0 Å². The molecule has 1 heterocycles. The van der Waals surface area contributed by atoms with E-state index in [2.05, 4.69) is 39.4 Å². The number of rotatable bonds is 4. The van der Waals surface area contributed by atoms with E-state index in [4.69, 9.17) is 6.57 Å². The Morgan fingerprint density at radius 1 is 0.957 bits per heavy atom. The second kappa shape index (κ2) is 6.87. The van der Waals surface area contributed by atoms with Crippen molar-refractivity contribution < 1.29 is 0 Å². The highest BCUT2D eigenvalue weighted by Crippen LogP contribution is 2.31. The highest BCUT2D eigenvalue weighted by atomic mass is 14.8. The molecule has 0 bridgehead atoms. The Balaban J connectivity index is 2.09. The van der Waals surface area contributed by atoms with Crippen LogP contribution in [0.15, 0.2) is 66.9 Å². The van der Waals surface area contributed by atoms with Gasteiger partial charge < -0.3 is 5.32 Å². The fraction of sp³-hybridized carbons (Fsp3) is 0.100. The van der Waals surface area contributed by atoms with Gasteiger partial charge in [-0.25, -0.2) is 4.85 Å². The van der Waals surface area contributed by atoms with E-state index in [1.54, 1.807) is 0 Å². The molecule has 0 spiro atoms. The normalized spacial score (nSPS) is 10.3. The molecule has 2 aromatic carbocycles.